The number of H-pyrrole nitrogens is 1. The monoisotopic (exact) mass is 456 g/mol. The molecule has 172 valence electrons. The smallest absolute Gasteiger partial charge is 0.200 e. The zero-order valence-corrected chi connectivity index (χ0v) is 20.3. The predicted octanol–water partition coefficient (Wildman–Crippen LogP) is 5.76. The van der Waals surface area contributed by atoms with E-state index in [-0.39, 0.29) is 23.5 Å². The molecular formula is C24H32N4O3S. The molecule has 3 N–H and O–H groups in total. The van der Waals surface area contributed by atoms with Gasteiger partial charge in [-0.3, -0.25) is 9.67 Å². The number of aromatic amines is 1. The highest BCUT2D eigenvalue weighted by Crippen LogP contribution is 2.39. The Kier molecular flexibility index (Phi) is 7.13. The number of rotatable bonds is 8. The topological polar surface area (TPSA) is 86.5 Å². The van der Waals surface area contributed by atoms with Gasteiger partial charge in [-0.1, -0.05) is 20.8 Å². The molecule has 0 spiro atoms. The van der Waals surface area contributed by atoms with Gasteiger partial charge in [-0.15, -0.1) is 0 Å². The number of hydrogen-bond donors (Lipinski definition) is 3. The summed E-state index contributed by atoms with van der Waals surface area (Å²) in [7, 11) is 1.67. The molecule has 3 aromatic rings. The first-order chi connectivity index (χ1) is 15.2. The first kappa shape index (κ1) is 23.7. The van der Waals surface area contributed by atoms with Crippen LogP contribution in [0.5, 0.6) is 17.2 Å². The van der Waals surface area contributed by atoms with Gasteiger partial charge in [0, 0.05) is 18.7 Å². The molecule has 32 heavy (non-hydrogen) atoms. The maximum Gasteiger partial charge on any atom is 0.200 e. The largest absolute Gasteiger partial charge is 0.508 e. The van der Waals surface area contributed by atoms with Crippen molar-refractivity contribution in [3.63, 3.8) is 0 Å². The molecule has 7 nitrogen and oxygen atoms in total. The lowest BCUT2D eigenvalue weighted by Gasteiger charge is -2.30. The maximum atomic E-state index is 10.6. The van der Waals surface area contributed by atoms with E-state index in [0.29, 0.717) is 16.2 Å². The molecule has 0 aliphatic carbocycles. The van der Waals surface area contributed by atoms with Crippen LogP contribution < -0.4 is 9.64 Å². The van der Waals surface area contributed by atoms with Crippen LogP contribution in [0, 0.1) is 4.77 Å². The third-order valence-electron chi connectivity index (χ3n) is 5.50. The number of phenols is 2. The Labute approximate surface area is 194 Å². The molecule has 1 aromatic heterocycles. The molecule has 0 unspecified atom stereocenters. The van der Waals surface area contributed by atoms with Crippen molar-refractivity contribution >= 4 is 17.9 Å². The Morgan fingerprint density at radius 3 is 2.44 bits per heavy atom. The van der Waals surface area contributed by atoms with E-state index in [1.165, 1.54) is 6.07 Å². The fraction of sp³-hybridized carbons (Fsp3) is 0.417. The second kappa shape index (κ2) is 9.65. The van der Waals surface area contributed by atoms with Crippen LogP contribution >= 0.6 is 12.2 Å². The number of methoxy groups -OCH3 is 1. The lowest BCUT2D eigenvalue weighted by Crippen LogP contribution is -2.31. The molecule has 0 aliphatic rings. The average molecular weight is 457 g/mol. The number of nitrogens with zero attached hydrogens (tertiary/aromatic N) is 3. The summed E-state index contributed by atoms with van der Waals surface area (Å²) < 4.78 is 7.84. The molecule has 0 saturated carbocycles. The quantitative estimate of drug-likeness (QED) is 0.373. The van der Waals surface area contributed by atoms with E-state index in [0.717, 1.165) is 35.7 Å². The molecule has 3 rings (SSSR count). The lowest BCUT2D eigenvalue weighted by atomic mass is 9.98. The van der Waals surface area contributed by atoms with Gasteiger partial charge in [0.2, 0.25) is 0 Å². The summed E-state index contributed by atoms with van der Waals surface area (Å²) >= 11 is 5.55. The van der Waals surface area contributed by atoms with Crippen LogP contribution in [-0.4, -0.2) is 44.7 Å². The zero-order chi connectivity index (χ0) is 23.6. The van der Waals surface area contributed by atoms with Crippen LogP contribution in [0.1, 0.15) is 52.5 Å². The van der Waals surface area contributed by atoms with Gasteiger partial charge in [0.25, 0.3) is 0 Å². The third kappa shape index (κ3) is 4.46. The summed E-state index contributed by atoms with van der Waals surface area (Å²) in [6.07, 6.45) is 1.00. The molecule has 2 aromatic carbocycles. The zero-order valence-electron chi connectivity index (χ0n) is 19.5. The second-order valence-electron chi connectivity index (χ2n) is 8.41. The molecule has 0 bridgehead atoms. The minimum atomic E-state index is -0.0642. The van der Waals surface area contributed by atoms with E-state index >= 15 is 0 Å². The van der Waals surface area contributed by atoms with Crippen molar-refractivity contribution in [3.05, 3.63) is 40.7 Å². The molecule has 0 saturated heterocycles. The number of aromatic hydroxyl groups is 2. The van der Waals surface area contributed by atoms with Crippen molar-refractivity contribution < 1.29 is 14.9 Å². The van der Waals surface area contributed by atoms with Crippen LogP contribution in [-0.2, 0) is 0 Å². The molecule has 0 radical (unpaired) electrons. The van der Waals surface area contributed by atoms with Crippen molar-refractivity contribution in [2.75, 3.05) is 18.6 Å². The Morgan fingerprint density at radius 2 is 1.84 bits per heavy atom. The van der Waals surface area contributed by atoms with Crippen LogP contribution in [0.25, 0.3) is 17.1 Å². The van der Waals surface area contributed by atoms with Crippen molar-refractivity contribution in [3.8, 4) is 34.3 Å². The van der Waals surface area contributed by atoms with Crippen LogP contribution in [0.2, 0.25) is 0 Å². The van der Waals surface area contributed by atoms with E-state index in [2.05, 4.69) is 35.9 Å². The minimum absolute atomic E-state index is 0.0563. The maximum absolute atomic E-state index is 10.6. The van der Waals surface area contributed by atoms with Crippen LogP contribution in [0.15, 0.2) is 30.3 Å². The molecule has 0 atom stereocenters. The number of nitrogens with one attached hydrogen (secondary N) is 1. The summed E-state index contributed by atoms with van der Waals surface area (Å²) in [6, 6.07) is 9.27. The van der Waals surface area contributed by atoms with Gasteiger partial charge < -0.3 is 19.8 Å². The van der Waals surface area contributed by atoms with E-state index in [4.69, 9.17) is 17.0 Å². The lowest BCUT2D eigenvalue weighted by molar-refractivity contribution is 0.413. The summed E-state index contributed by atoms with van der Waals surface area (Å²) in [5.41, 5.74) is 2.98. The van der Waals surface area contributed by atoms with Gasteiger partial charge in [-0.25, -0.2) is 0 Å². The van der Waals surface area contributed by atoms with Crippen molar-refractivity contribution in [1.82, 2.24) is 14.8 Å². The molecule has 0 amide bonds. The second-order valence-corrected chi connectivity index (χ2v) is 8.80. The van der Waals surface area contributed by atoms with Gasteiger partial charge in [0.1, 0.15) is 17.2 Å². The molecule has 8 heteroatoms. The van der Waals surface area contributed by atoms with Gasteiger partial charge >= 0.3 is 0 Å². The number of hydrogen-bond acceptors (Lipinski definition) is 6. The highest BCUT2D eigenvalue weighted by Gasteiger charge is 2.21. The number of phenolic OH excluding ortho intramolecular Hbond substituents is 2. The normalized spacial score (nSPS) is 11.4. The van der Waals surface area contributed by atoms with E-state index in [1.807, 2.05) is 32.0 Å². The van der Waals surface area contributed by atoms with Crippen molar-refractivity contribution in [2.45, 2.75) is 53.0 Å². The molecule has 1 heterocycles. The van der Waals surface area contributed by atoms with Crippen LogP contribution in [0.3, 0.4) is 0 Å². The average Bonchev–Trinajstić information content (AvgIpc) is 3.12. The van der Waals surface area contributed by atoms with E-state index in [1.54, 1.807) is 17.7 Å². The summed E-state index contributed by atoms with van der Waals surface area (Å²) in [6.45, 7) is 11.3. The summed E-state index contributed by atoms with van der Waals surface area (Å²) in [5, 5.41) is 28.1. The fourth-order valence-electron chi connectivity index (χ4n) is 3.89. The van der Waals surface area contributed by atoms with E-state index in [9.17, 15) is 10.2 Å². The fourth-order valence-corrected chi connectivity index (χ4v) is 4.13. The SMILES string of the molecule is CCCN(c1cc(-n2c(-c3cc(C(C)C)c(O)cc3O)n[nH]c2=S)ccc1OC)C(C)C. The third-order valence-corrected chi connectivity index (χ3v) is 5.77. The Balaban J connectivity index is 2.22. The summed E-state index contributed by atoms with van der Waals surface area (Å²) in [5.74, 6) is 1.32. The molecule has 0 aliphatic heterocycles. The molecule has 0 fully saturated rings. The Hall–Kier alpha value is -3.00. The summed E-state index contributed by atoms with van der Waals surface area (Å²) in [4.78, 5) is 2.29. The Morgan fingerprint density at radius 1 is 1.12 bits per heavy atom. The van der Waals surface area contributed by atoms with Gasteiger partial charge in [-0.2, -0.15) is 5.10 Å². The molecular weight excluding hydrogens is 424 g/mol. The van der Waals surface area contributed by atoms with Gasteiger partial charge in [0.05, 0.1) is 24.0 Å². The highest BCUT2D eigenvalue weighted by molar-refractivity contribution is 7.71. The predicted molar refractivity (Wildman–Crippen MR) is 131 cm³/mol. The van der Waals surface area contributed by atoms with Crippen molar-refractivity contribution in [1.29, 1.82) is 0 Å². The first-order valence-electron chi connectivity index (χ1n) is 10.9. The van der Waals surface area contributed by atoms with Crippen LogP contribution in [0.4, 0.5) is 5.69 Å². The van der Waals surface area contributed by atoms with Gasteiger partial charge in [-0.05, 0) is 68.2 Å². The first-order valence-corrected chi connectivity index (χ1v) is 11.3. The highest BCUT2D eigenvalue weighted by atomic mass is 32.1. The number of anilines is 1. The van der Waals surface area contributed by atoms with Gasteiger partial charge in [0.15, 0.2) is 10.6 Å². The minimum Gasteiger partial charge on any atom is -0.508 e. The Bertz CT molecular complexity index is 1150. The van der Waals surface area contributed by atoms with Crippen molar-refractivity contribution in [2.24, 2.45) is 0 Å². The standard InChI is InChI=1S/C24H32N4O3S/c1-7-10-27(15(4)5)19-11-16(8-9-22(19)31-6)28-23(25-26-24(28)32)18-12-17(14(2)3)20(29)13-21(18)30/h8-9,11-15,29-30H,7,10H2,1-6H3,(H,26,32). The number of benzene rings is 2. The van der Waals surface area contributed by atoms with E-state index < -0.39 is 0 Å². The number of aromatic nitrogens is 3. The number of ether oxygens (including phenoxy) is 1.